The highest BCUT2D eigenvalue weighted by Gasteiger charge is 2.26. The fourth-order valence-corrected chi connectivity index (χ4v) is 2.94. The van der Waals surface area contributed by atoms with Gasteiger partial charge in [0.1, 0.15) is 0 Å². The first-order valence-corrected chi connectivity index (χ1v) is 6.27. The summed E-state index contributed by atoms with van der Waals surface area (Å²) in [6, 6.07) is 0.542. The summed E-state index contributed by atoms with van der Waals surface area (Å²) in [5.41, 5.74) is 9.78. The molecule has 0 spiro atoms. The second-order valence-corrected chi connectivity index (χ2v) is 4.72. The Morgan fingerprint density at radius 3 is 2.88 bits per heavy atom. The third-order valence-corrected chi connectivity index (χ3v) is 3.77. The number of nitrogens with two attached hydrogens (primary N) is 1. The zero-order valence-electron chi connectivity index (χ0n) is 9.61. The largest absolute Gasteiger partial charge is 0.381 e. The van der Waals surface area contributed by atoms with Crippen LogP contribution in [0.5, 0.6) is 0 Å². The van der Waals surface area contributed by atoms with E-state index in [1.165, 1.54) is 30.5 Å². The Hall–Kier alpha value is -0.870. The predicted octanol–water partition coefficient (Wildman–Crippen LogP) is 1.18. The van der Waals surface area contributed by atoms with Crippen molar-refractivity contribution in [3.05, 3.63) is 17.0 Å². The lowest BCUT2D eigenvalue weighted by atomic mass is 10.1. The minimum atomic E-state index is 0.542. The van der Waals surface area contributed by atoms with Gasteiger partial charge in [0.2, 0.25) is 0 Å². The summed E-state index contributed by atoms with van der Waals surface area (Å²) in [5.74, 6) is 0. The van der Waals surface area contributed by atoms with E-state index in [1.54, 1.807) is 0 Å². The van der Waals surface area contributed by atoms with Gasteiger partial charge in [0.15, 0.2) is 0 Å². The molecule has 1 aromatic rings. The van der Waals surface area contributed by atoms with Gasteiger partial charge in [-0.05, 0) is 37.7 Å². The van der Waals surface area contributed by atoms with E-state index in [2.05, 4.69) is 4.68 Å². The Bertz CT molecular complexity index is 380. The molecule has 2 N–H and O–H groups in total. The van der Waals surface area contributed by atoms with Crippen molar-refractivity contribution in [2.75, 3.05) is 13.2 Å². The van der Waals surface area contributed by atoms with Gasteiger partial charge in [-0.2, -0.15) is 5.10 Å². The van der Waals surface area contributed by atoms with Gasteiger partial charge in [-0.15, -0.1) is 0 Å². The van der Waals surface area contributed by atoms with Crippen LogP contribution in [0.25, 0.3) is 0 Å². The number of ether oxygens (including phenoxy) is 1. The molecular weight excluding hydrogens is 202 g/mol. The van der Waals surface area contributed by atoms with Gasteiger partial charge in [-0.1, -0.05) is 0 Å². The molecule has 3 rings (SSSR count). The van der Waals surface area contributed by atoms with E-state index >= 15 is 0 Å². The fraction of sp³-hybridized carbons (Fsp3) is 0.750. The van der Waals surface area contributed by atoms with E-state index < -0.39 is 0 Å². The van der Waals surface area contributed by atoms with Crippen LogP contribution < -0.4 is 5.73 Å². The normalized spacial score (nSPS) is 21.3. The first kappa shape index (κ1) is 10.3. The van der Waals surface area contributed by atoms with Gasteiger partial charge < -0.3 is 10.5 Å². The number of aromatic nitrogens is 2. The van der Waals surface area contributed by atoms with E-state index in [9.17, 15) is 0 Å². The van der Waals surface area contributed by atoms with E-state index in [-0.39, 0.29) is 0 Å². The molecule has 88 valence electrons. The molecule has 2 aliphatic rings. The van der Waals surface area contributed by atoms with E-state index in [4.69, 9.17) is 15.6 Å². The first-order valence-electron chi connectivity index (χ1n) is 6.27. The lowest BCUT2D eigenvalue weighted by molar-refractivity contribution is 0.0654. The lowest BCUT2D eigenvalue weighted by Crippen LogP contribution is -2.22. The molecule has 0 radical (unpaired) electrons. The second-order valence-electron chi connectivity index (χ2n) is 4.72. The maximum absolute atomic E-state index is 5.77. The van der Waals surface area contributed by atoms with Gasteiger partial charge >= 0.3 is 0 Å². The summed E-state index contributed by atoms with van der Waals surface area (Å²) in [6.07, 6.45) is 5.81. The van der Waals surface area contributed by atoms with Crippen molar-refractivity contribution >= 4 is 0 Å². The first-order chi connectivity index (χ1) is 7.90. The minimum Gasteiger partial charge on any atom is -0.381 e. The Morgan fingerprint density at radius 2 is 2.12 bits per heavy atom. The molecule has 0 saturated carbocycles. The number of fused-ring (bicyclic) bond motifs is 1. The van der Waals surface area contributed by atoms with Crippen molar-refractivity contribution in [2.45, 2.75) is 44.7 Å². The van der Waals surface area contributed by atoms with Gasteiger partial charge in [0.05, 0.1) is 11.7 Å². The average molecular weight is 221 g/mol. The van der Waals surface area contributed by atoms with E-state index in [1.807, 2.05) is 0 Å². The molecule has 1 saturated heterocycles. The van der Waals surface area contributed by atoms with E-state index in [0.717, 1.165) is 31.7 Å². The van der Waals surface area contributed by atoms with Gasteiger partial charge in [-0.25, -0.2) is 0 Å². The van der Waals surface area contributed by atoms with Crippen LogP contribution in [0.1, 0.15) is 42.3 Å². The Kier molecular flexibility index (Phi) is 2.69. The third-order valence-electron chi connectivity index (χ3n) is 3.77. The highest BCUT2D eigenvalue weighted by molar-refractivity contribution is 5.31. The van der Waals surface area contributed by atoms with Crippen LogP contribution in [-0.2, 0) is 24.1 Å². The standard InChI is InChI=1S/C12H19N3O/c13-8-11-10-2-1-3-12(10)15(14-11)9-4-6-16-7-5-9/h9H,1-8,13H2. The van der Waals surface area contributed by atoms with Crippen molar-refractivity contribution in [3.8, 4) is 0 Å². The second kappa shape index (κ2) is 4.18. The average Bonchev–Trinajstić information content (AvgIpc) is 2.91. The molecule has 1 fully saturated rings. The van der Waals surface area contributed by atoms with Crippen molar-refractivity contribution in [2.24, 2.45) is 5.73 Å². The van der Waals surface area contributed by atoms with Crippen molar-refractivity contribution in [1.82, 2.24) is 9.78 Å². The van der Waals surface area contributed by atoms with E-state index in [0.29, 0.717) is 12.6 Å². The zero-order valence-corrected chi connectivity index (χ0v) is 9.61. The quantitative estimate of drug-likeness (QED) is 0.816. The van der Waals surface area contributed by atoms with Crippen LogP contribution in [0.2, 0.25) is 0 Å². The third kappa shape index (κ3) is 1.57. The monoisotopic (exact) mass is 221 g/mol. The molecular formula is C12H19N3O. The van der Waals surface area contributed by atoms with Gasteiger partial charge in [-0.3, -0.25) is 4.68 Å². The summed E-state index contributed by atoms with van der Waals surface area (Å²) in [6.45, 7) is 2.33. The Morgan fingerprint density at radius 1 is 1.31 bits per heavy atom. The molecule has 1 aliphatic carbocycles. The molecule has 4 heteroatoms. The van der Waals surface area contributed by atoms with Crippen LogP contribution in [-0.4, -0.2) is 23.0 Å². The highest BCUT2D eigenvalue weighted by Crippen LogP contribution is 2.30. The van der Waals surface area contributed by atoms with Crippen molar-refractivity contribution < 1.29 is 4.74 Å². The topological polar surface area (TPSA) is 53.1 Å². The molecule has 16 heavy (non-hydrogen) atoms. The maximum atomic E-state index is 5.77. The van der Waals surface area contributed by atoms with Gasteiger partial charge in [0, 0.05) is 25.5 Å². The van der Waals surface area contributed by atoms with Crippen LogP contribution in [0.4, 0.5) is 0 Å². The molecule has 0 amide bonds. The van der Waals surface area contributed by atoms with Crippen LogP contribution in [0.3, 0.4) is 0 Å². The van der Waals surface area contributed by atoms with Crippen LogP contribution >= 0.6 is 0 Å². The molecule has 0 unspecified atom stereocenters. The number of nitrogens with zero attached hydrogens (tertiary/aromatic N) is 2. The smallest absolute Gasteiger partial charge is 0.0795 e. The molecule has 1 aromatic heterocycles. The molecule has 0 bridgehead atoms. The maximum Gasteiger partial charge on any atom is 0.0795 e. The molecule has 0 atom stereocenters. The molecule has 1 aliphatic heterocycles. The Labute approximate surface area is 95.8 Å². The van der Waals surface area contributed by atoms with Crippen LogP contribution in [0.15, 0.2) is 0 Å². The fourth-order valence-electron chi connectivity index (χ4n) is 2.94. The predicted molar refractivity (Wildman–Crippen MR) is 61.2 cm³/mol. The summed E-state index contributed by atoms with van der Waals surface area (Å²) >= 11 is 0. The SMILES string of the molecule is NCc1nn(C2CCOCC2)c2c1CCC2. The number of rotatable bonds is 2. The van der Waals surface area contributed by atoms with Crippen molar-refractivity contribution in [1.29, 1.82) is 0 Å². The summed E-state index contributed by atoms with van der Waals surface area (Å²) < 4.78 is 7.66. The highest BCUT2D eigenvalue weighted by atomic mass is 16.5. The molecule has 4 nitrogen and oxygen atoms in total. The lowest BCUT2D eigenvalue weighted by Gasteiger charge is -2.24. The summed E-state index contributed by atoms with van der Waals surface area (Å²) in [4.78, 5) is 0. The Balaban J connectivity index is 1.94. The number of hydrogen-bond acceptors (Lipinski definition) is 3. The molecule has 0 aromatic carbocycles. The molecule has 2 heterocycles. The van der Waals surface area contributed by atoms with Crippen LogP contribution in [0, 0.1) is 0 Å². The minimum absolute atomic E-state index is 0.542. The van der Waals surface area contributed by atoms with Gasteiger partial charge in [0.25, 0.3) is 0 Å². The summed E-state index contributed by atoms with van der Waals surface area (Å²) in [5, 5.41) is 4.71. The zero-order chi connectivity index (χ0) is 11.0. The van der Waals surface area contributed by atoms with Crippen molar-refractivity contribution in [3.63, 3.8) is 0 Å². The number of hydrogen-bond donors (Lipinski definition) is 1. The summed E-state index contributed by atoms with van der Waals surface area (Å²) in [7, 11) is 0.